The second-order valence-corrected chi connectivity index (χ2v) is 8.22. The second-order valence-electron chi connectivity index (χ2n) is 5.60. The number of hydrogen-bond acceptors (Lipinski definition) is 2. The van der Waals surface area contributed by atoms with Gasteiger partial charge in [-0.2, -0.15) is 0 Å². The average Bonchev–Trinajstić information content (AvgIpc) is 2.48. The van der Waals surface area contributed by atoms with Crippen LogP contribution in [-0.2, 0) is 4.57 Å². The third-order valence-electron chi connectivity index (χ3n) is 3.60. The van der Waals surface area contributed by atoms with Crippen molar-refractivity contribution in [2.45, 2.75) is 13.0 Å². The molecule has 21 heavy (non-hydrogen) atoms. The summed E-state index contributed by atoms with van der Waals surface area (Å²) in [5, 5.41) is 4.14. The monoisotopic (exact) mass is 302 g/mol. The molecule has 112 valence electrons. The zero-order valence-electron chi connectivity index (χ0n) is 13.1. The summed E-state index contributed by atoms with van der Waals surface area (Å²) < 4.78 is 13.0. The van der Waals surface area contributed by atoms with E-state index in [1.807, 2.05) is 80.5 Å². The summed E-state index contributed by atoms with van der Waals surface area (Å²) in [4.78, 5) is 2.03. The van der Waals surface area contributed by atoms with Crippen molar-refractivity contribution in [1.82, 2.24) is 5.09 Å². The quantitative estimate of drug-likeness (QED) is 0.856. The van der Waals surface area contributed by atoms with Gasteiger partial charge in [-0.25, -0.2) is 0 Å². The lowest BCUT2D eigenvalue weighted by molar-refractivity contribution is 0.565. The van der Waals surface area contributed by atoms with E-state index < -0.39 is 7.29 Å². The van der Waals surface area contributed by atoms with Crippen molar-refractivity contribution in [3.8, 4) is 0 Å². The molecule has 0 radical (unpaired) electrons. The van der Waals surface area contributed by atoms with Gasteiger partial charge in [0.2, 0.25) is 0 Å². The Morgan fingerprint density at radius 3 is 2.10 bits per heavy atom. The standard InChI is InChI=1S/C17H23N2OP/c1-14(15-8-6-5-7-9-15)18-21(4,20)17-12-10-16(11-13-17)19(2)3/h5-14H,1-4H3,(H,18,20). The van der Waals surface area contributed by atoms with Crippen molar-refractivity contribution < 1.29 is 4.57 Å². The first-order chi connectivity index (χ1) is 9.90. The Labute approximate surface area is 127 Å². The van der Waals surface area contributed by atoms with Gasteiger partial charge >= 0.3 is 0 Å². The Hall–Kier alpha value is -1.57. The molecule has 0 aliphatic heterocycles. The summed E-state index contributed by atoms with van der Waals surface area (Å²) >= 11 is 0. The molecular formula is C17H23N2OP. The highest BCUT2D eigenvalue weighted by atomic mass is 31.2. The van der Waals surface area contributed by atoms with Gasteiger partial charge in [-0.3, -0.25) is 5.09 Å². The Bertz CT molecular complexity index is 623. The third-order valence-corrected chi connectivity index (χ3v) is 5.76. The van der Waals surface area contributed by atoms with Gasteiger partial charge in [0.05, 0.1) is 0 Å². The SMILES string of the molecule is CC(NP(C)(=O)c1ccc(N(C)C)cc1)c1ccccc1. The van der Waals surface area contributed by atoms with Crippen LogP contribution >= 0.6 is 7.29 Å². The first-order valence-corrected chi connectivity index (χ1v) is 9.24. The summed E-state index contributed by atoms with van der Waals surface area (Å²) in [6.45, 7) is 3.83. The number of benzene rings is 2. The van der Waals surface area contributed by atoms with Gasteiger partial charge in [-0.15, -0.1) is 0 Å². The molecule has 2 aromatic carbocycles. The van der Waals surface area contributed by atoms with E-state index in [0.717, 1.165) is 16.6 Å². The normalized spacial score (nSPS) is 15.2. The van der Waals surface area contributed by atoms with E-state index in [1.165, 1.54) is 0 Å². The van der Waals surface area contributed by atoms with E-state index in [9.17, 15) is 4.57 Å². The predicted molar refractivity (Wildman–Crippen MR) is 91.9 cm³/mol. The molecule has 0 spiro atoms. The molecule has 2 aromatic rings. The molecule has 2 rings (SSSR count). The number of rotatable bonds is 5. The smallest absolute Gasteiger partial charge is 0.173 e. The Kier molecular flexibility index (Phi) is 4.87. The first kappa shape index (κ1) is 15.8. The van der Waals surface area contributed by atoms with Crippen LogP contribution in [0.3, 0.4) is 0 Å². The minimum absolute atomic E-state index is 0.0514. The highest BCUT2D eigenvalue weighted by Gasteiger charge is 2.21. The molecule has 0 aromatic heterocycles. The minimum Gasteiger partial charge on any atom is -0.378 e. The molecule has 1 N–H and O–H groups in total. The summed E-state index contributed by atoms with van der Waals surface area (Å²) in [7, 11) is 1.41. The lowest BCUT2D eigenvalue weighted by Crippen LogP contribution is -2.22. The highest BCUT2D eigenvalue weighted by Crippen LogP contribution is 2.38. The fraction of sp³-hybridized carbons (Fsp3) is 0.294. The molecule has 0 fully saturated rings. The topological polar surface area (TPSA) is 32.3 Å². The van der Waals surface area contributed by atoms with Gasteiger partial charge in [-0.1, -0.05) is 30.3 Å². The number of hydrogen-bond donors (Lipinski definition) is 1. The van der Waals surface area contributed by atoms with E-state index >= 15 is 0 Å². The van der Waals surface area contributed by atoms with E-state index in [4.69, 9.17) is 0 Å². The van der Waals surface area contributed by atoms with Gasteiger partial charge in [0, 0.05) is 37.8 Å². The third kappa shape index (κ3) is 3.96. The Balaban J connectivity index is 2.16. The fourth-order valence-corrected chi connectivity index (χ4v) is 4.05. The largest absolute Gasteiger partial charge is 0.378 e. The lowest BCUT2D eigenvalue weighted by atomic mass is 10.1. The molecule has 0 amide bonds. The molecule has 0 bridgehead atoms. The number of nitrogens with zero attached hydrogens (tertiary/aromatic N) is 1. The van der Waals surface area contributed by atoms with E-state index in [0.29, 0.717) is 0 Å². The summed E-state index contributed by atoms with van der Waals surface area (Å²) in [6.07, 6.45) is 0. The molecule has 2 atom stereocenters. The average molecular weight is 302 g/mol. The number of anilines is 1. The van der Waals surface area contributed by atoms with Crippen molar-refractivity contribution in [3.63, 3.8) is 0 Å². The lowest BCUT2D eigenvalue weighted by Gasteiger charge is -2.22. The Morgan fingerprint density at radius 2 is 1.57 bits per heavy atom. The maximum absolute atomic E-state index is 13.0. The van der Waals surface area contributed by atoms with E-state index in [1.54, 1.807) is 6.66 Å². The fourth-order valence-electron chi connectivity index (χ4n) is 2.30. The minimum atomic E-state index is -2.59. The molecule has 0 aliphatic rings. The molecule has 0 heterocycles. The van der Waals surface area contributed by atoms with Crippen LogP contribution in [-0.4, -0.2) is 20.8 Å². The van der Waals surface area contributed by atoms with Crippen molar-refractivity contribution in [2.75, 3.05) is 25.7 Å². The summed E-state index contributed by atoms with van der Waals surface area (Å²) in [5.74, 6) is 0. The van der Waals surface area contributed by atoms with Crippen LogP contribution in [0.2, 0.25) is 0 Å². The van der Waals surface area contributed by atoms with Crippen LogP contribution in [0.15, 0.2) is 54.6 Å². The molecule has 3 nitrogen and oxygen atoms in total. The molecule has 0 saturated carbocycles. The van der Waals surface area contributed by atoms with Crippen molar-refractivity contribution in [3.05, 3.63) is 60.2 Å². The van der Waals surface area contributed by atoms with Crippen molar-refractivity contribution >= 4 is 18.3 Å². The van der Waals surface area contributed by atoms with Crippen LogP contribution < -0.4 is 15.3 Å². The first-order valence-electron chi connectivity index (χ1n) is 7.08. The van der Waals surface area contributed by atoms with Gasteiger partial charge in [0.1, 0.15) is 0 Å². The zero-order chi connectivity index (χ0) is 15.5. The van der Waals surface area contributed by atoms with Crippen molar-refractivity contribution in [1.29, 1.82) is 0 Å². The van der Waals surface area contributed by atoms with Gasteiger partial charge < -0.3 is 9.46 Å². The molecule has 4 heteroatoms. The molecule has 0 saturated heterocycles. The maximum atomic E-state index is 13.0. The van der Waals surface area contributed by atoms with Crippen LogP contribution in [0.5, 0.6) is 0 Å². The van der Waals surface area contributed by atoms with Crippen molar-refractivity contribution in [2.24, 2.45) is 0 Å². The van der Waals surface area contributed by atoms with Crippen LogP contribution in [0.4, 0.5) is 5.69 Å². The summed E-state index contributed by atoms with van der Waals surface area (Å²) in [6, 6.07) is 18.0. The van der Waals surface area contributed by atoms with Crippen LogP contribution in [0, 0.1) is 0 Å². The maximum Gasteiger partial charge on any atom is 0.173 e. The van der Waals surface area contributed by atoms with Gasteiger partial charge in [0.25, 0.3) is 0 Å². The highest BCUT2D eigenvalue weighted by molar-refractivity contribution is 7.69. The number of nitrogens with one attached hydrogen (secondary N) is 1. The predicted octanol–water partition coefficient (Wildman–Crippen LogP) is 3.64. The van der Waals surface area contributed by atoms with Gasteiger partial charge in [-0.05, 0) is 36.8 Å². The van der Waals surface area contributed by atoms with Gasteiger partial charge in [0.15, 0.2) is 7.29 Å². The van der Waals surface area contributed by atoms with Crippen LogP contribution in [0.25, 0.3) is 0 Å². The molecular weight excluding hydrogens is 279 g/mol. The molecule has 0 aliphatic carbocycles. The Morgan fingerprint density at radius 1 is 1.00 bits per heavy atom. The van der Waals surface area contributed by atoms with E-state index in [2.05, 4.69) is 5.09 Å². The van der Waals surface area contributed by atoms with Crippen LogP contribution in [0.1, 0.15) is 18.5 Å². The summed E-state index contributed by atoms with van der Waals surface area (Å²) in [5.41, 5.74) is 2.25. The molecule has 2 unspecified atom stereocenters. The second kappa shape index (κ2) is 6.46. The van der Waals surface area contributed by atoms with E-state index in [-0.39, 0.29) is 6.04 Å². The zero-order valence-corrected chi connectivity index (χ0v) is 14.0.